The van der Waals surface area contributed by atoms with E-state index in [4.69, 9.17) is 21.1 Å². The minimum absolute atomic E-state index is 0.178. The first kappa shape index (κ1) is 16.8. The Morgan fingerprint density at radius 3 is 2.82 bits per heavy atom. The van der Waals surface area contributed by atoms with E-state index in [2.05, 4.69) is 9.97 Å². The number of hydrogen-bond donors (Lipinski definition) is 0. The lowest BCUT2D eigenvalue weighted by Crippen LogP contribution is -2.35. The molecular formula is C15H22ClN3O3. The molecular weight excluding hydrogens is 306 g/mol. The third-order valence-corrected chi connectivity index (χ3v) is 3.38. The largest absolute Gasteiger partial charge is 0.477 e. The molecule has 2 rings (SSSR count). The number of amides is 1. The van der Waals surface area contributed by atoms with Crippen molar-refractivity contribution in [2.45, 2.75) is 39.7 Å². The van der Waals surface area contributed by atoms with Gasteiger partial charge in [-0.25, -0.2) is 9.78 Å². The topological polar surface area (TPSA) is 64.5 Å². The molecule has 2 heterocycles. The van der Waals surface area contributed by atoms with E-state index < -0.39 is 5.60 Å². The highest BCUT2D eigenvalue weighted by Gasteiger charge is 2.30. The Labute approximate surface area is 135 Å². The van der Waals surface area contributed by atoms with Gasteiger partial charge in [-0.1, -0.05) is 0 Å². The molecule has 0 saturated carbocycles. The minimum atomic E-state index is -0.471. The summed E-state index contributed by atoms with van der Waals surface area (Å²) in [4.78, 5) is 21.7. The number of aryl methyl sites for hydroxylation is 1. The third-order valence-electron chi connectivity index (χ3n) is 3.21. The molecule has 1 aliphatic heterocycles. The molecule has 122 valence electrons. The number of rotatable bonds is 3. The van der Waals surface area contributed by atoms with E-state index in [1.807, 2.05) is 27.7 Å². The zero-order valence-electron chi connectivity index (χ0n) is 13.4. The van der Waals surface area contributed by atoms with Crippen molar-refractivity contribution >= 4 is 17.7 Å². The van der Waals surface area contributed by atoms with Crippen molar-refractivity contribution in [3.05, 3.63) is 17.0 Å². The summed E-state index contributed by atoms with van der Waals surface area (Å²) in [5.41, 5.74) is 0.290. The van der Waals surface area contributed by atoms with Crippen LogP contribution in [0.4, 0.5) is 4.79 Å². The molecule has 0 radical (unpaired) electrons. The Hall–Kier alpha value is -1.56. The lowest BCUT2D eigenvalue weighted by atomic mass is 10.1. The summed E-state index contributed by atoms with van der Waals surface area (Å²) in [6.07, 6.45) is 0.618. The van der Waals surface area contributed by atoms with Gasteiger partial charge in [-0.3, -0.25) is 0 Å². The lowest BCUT2D eigenvalue weighted by molar-refractivity contribution is 0.0284. The van der Waals surface area contributed by atoms with Crippen LogP contribution in [0.15, 0.2) is 6.07 Å². The normalized spacial score (nSPS) is 18.4. The Kier molecular flexibility index (Phi) is 5.11. The van der Waals surface area contributed by atoms with E-state index in [1.165, 1.54) is 0 Å². The van der Waals surface area contributed by atoms with Gasteiger partial charge in [0.25, 0.3) is 0 Å². The number of halogens is 1. The van der Waals surface area contributed by atoms with Gasteiger partial charge >= 0.3 is 6.09 Å². The van der Waals surface area contributed by atoms with Gasteiger partial charge in [0.05, 0.1) is 6.61 Å². The highest BCUT2D eigenvalue weighted by atomic mass is 35.5. The summed E-state index contributed by atoms with van der Waals surface area (Å²) < 4.78 is 11.0. The molecule has 0 bridgehead atoms. The Morgan fingerprint density at radius 1 is 1.45 bits per heavy atom. The van der Waals surface area contributed by atoms with Crippen LogP contribution in [-0.2, 0) is 4.74 Å². The second kappa shape index (κ2) is 6.69. The van der Waals surface area contributed by atoms with Crippen molar-refractivity contribution in [1.29, 1.82) is 0 Å². The van der Waals surface area contributed by atoms with Gasteiger partial charge in [0.15, 0.2) is 0 Å². The van der Waals surface area contributed by atoms with Crippen LogP contribution < -0.4 is 4.74 Å². The molecule has 0 N–H and O–H groups in total. The molecule has 6 nitrogen and oxygen atoms in total. The molecule has 0 unspecified atom stereocenters. The number of likely N-dealkylation sites (tertiary alicyclic amines) is 1. The first-order valence-electron chi connectivity index (χ1n) is 7.35. The van der Waals surface area contributed by atoms with E-state index in [9.17, 15) is 4.79 Å². The summed E-state index contributed by atoms with van der Waals surface area (Å²) in [5, 5.41) is 0.178. The predicted molar refractivity (Wildman–Crippen MR) is 83.2 cm³/mol. The van der Waals surface area contributed by atoms with Crippen molar-refractivity contribution in [3.63, 3.8) is 0 Å². The molecule has 1 aromatic heterocycles. The number of aromatic nitrogens is 2. The van der Waals surface area contributed by atoms with Crippen LogP contribution in [0.25, 0.3) is 0 Å². The van der Waals surface area contributed by atoms with Gasteiger partial charge in [0, 0.05) is 30.8 Å². The van der Waals surface area contributed by atoms with Crippen molar-refractivity contribution in [2.75, 3.05) is 19.7 Å². The highest BCUT2D eigenvalue weighted by Crippen LogP contribution is 2.21. The number of carbonyl (C=O) groups excluding carboxylic acids is 1. The average Bonchev–Trinajstić information content (AvgIpc) is 2.82. The fourth-order valence-corrected chi connectivity index (χ4v) is 2.46. The van der Waals surface area contributed by atoms with Gasteiger partial charge in [-0.2, -0.15) is 4.98 Å². The number of hydrogen-bond acceptors (Lipinski definition) is 5. The predicted octanol–water partition coefficient (Wildman–Crippen LogP) is 3.07. The van der Waals surface area contributed by atoms with Gasteiger partial charge < -0.3 is 14.4 Å². The molecule has 0 aromatic carbocycles. The van der Waals surface area contributed by atoms with Crippen molar-refractivity contribution in [3.8, 4) is 5.88 Å². The van der Waals surface area contributed by atoms with E-state index in [0.717, 1.165) is 12.1 Å². The molecule has 0 aliphatic carbocycles. The molecule has 1 aliphatic rings. The fourth-order valence-electron chi connectivity index (χ4n) is 2.24. The average molecular weight is 328 g/mol. The summed E-state index contributed by atoms with van der Waals surface area (Å²) in [7, 11) is 0. The van der Waals surface area contributed by atoms with Crippen LogP contribution in [-0.4, -0.2) is 46.3 Å². The fraction of sp³-hybridized carbons (Fsp3) is 0.667. The van der Waals surface area contributed by atoms with Gasteiger partial charge in [-0.15, -0.1) is 0 Å². The van der Waals surface area contributed by atoms with Gasteiger partial charge in [0.1, 0.15) is 5.60 Å². The smallest absolute Gasteiger partial charge is 0.410 e. The van der Waals surface area contributed by atoms with Gasteiger partial charge in [-0.05, 0) is 45.7 Å². The summed E-state index contributed by atoms with van der Waals surface area (Å²) in [6.45, 7) is 9.24. The molecule has 1 saturated heterocycles. The first-order chi connectivity index (χ1) is 10.2. The van der Waals surface area contributed by atoms with Crippen molar-refractivity contribution < 1.29 is 14.3 Å². The Balaban J connectivity index is 1.82. The third kappa shape index (κ3) is 5.02. The summed E-state index contributed by atoms with van der Waals surface area (Å²) >= 11 is 5.80. The van der Waals surface area contributed by atoms with E-state index >= 15 is 0 Å². The monoisotopic (exact) mass is 327 g/mol. The number of ether oxygens (including phenoxy) is 2. The highest BCUT2D eigenvalue weighted by molar-refractivity contribution is 6.28. The molecule has 1 atom stereocenters. The van der Waals surface area contributed by atoms with Crippen LogP contribution in [0.5, 0.6) is 5.88 Å². The van der Waals surface area contributed by atoms with E-state index in [1.54, 1.807) is 11.0 Å². The SMILES string of the molecule is Cc1cc(OC[C@@H]2CCN(C(=O)OC(C)(C)C)C2)nc(Cl)n1. The van der Waals surface area contributed by atoms with Crippen molar-refractivity contribution in [2.24, 2.45) is 5.92 Å². The molecule has 7 heteroatoms. The van der Waals surface area contributed by atoms with Gasteiger partial charge in [0.2, 0.25) is 11.2 Å². The maximum Gasteiger partial charge on any atom is 0.410 e. The molecule has 22 heavy (non-hydrogen) atoms. The summed E-state index contributed by atoms with van der Waals surface area (Å²) in [5.74, 6) is 0.731. The Bertz CT molecular complexity index is 525. The zero-order chi connectivity index (χ0) is 16.3. The number of carbonyl (C=O) groups is 1. The van der Waals surface area contributed by atoms with Crippen LogP contribution in [0.1, 0.15) is 32.9 Å². The molecule has 0 spiro atoms. The second-order valence-electron chi connectivity index (χ2n) is 6.51. The van der Waals surface area contributed by atoms with Crippen molar-refractivity contribution in [1.82, 2.24) is 14.9 Å². The van der Waals surface area contributed by atoms with Crippen LogP contribution in [0.2, 0.25) is 5.28 Å². The quantitative estimate of drug-likeness (QED) is 0.798. The van der Waals surface area contributed by atoms with Crippen LogP contribution >= 0.6 is 11.6 Å². The maximum absolute atomic E-state index is 12.0. The molecule has 1 aromatic rings. The zero-order valence-corrected chi connectivity index (χ0v) is 14.2. The van der Waals surface area contributed by atoms with Crippen LogP contribution in [0, 0.1) is 12.8 Å². The first-order valence-corrected chi connectivity index (χ1v) is 7.72. The van der Waals surface area contributed by atoms with E-state index in [-0.39, 0.29) is 17.3 Å². The summed E-state index contributed by atoms with van der Waals surface area (Å²) in [6, 6.07) is 1.74. The maximum atomic E-state index is 12.0. The number of nitrogens with zero attached hydrogens (tertiary/aromatic N) is 3. The van der Waals surface area contributed by atoms with E-state index in [0.29, 0.717) is 25.6 Å². The minimum Gasteiger partial charge on any atom is -0.477 e. The van der Waals surface area contributed by atoms with Crippen LogP contribution in [0.3, 0.4) is 0 Å². The standard InChI is InChI=1S/C15H22ClN3O3/c1-10-7-12(18-13(16)17-10)21-9-11-5-6-19(8-11)14(20)22-15(2,3)4/h7,11H,5-6,8-9H2,1-4H3/t11-/m1/s1. The Morgan fingerprint density at radius 2 is 2.18 bits per heavy atom. The lowest BCUT2D eigenvalue weighted by Gasteiger charge is -2.24. The molecule has 1 fully saturated rings. The molecule has 1 amide bonds. The second-order valence-corrected chi connectivity index (χ2v) is 6.85.